The number of carbonyl (C=O) groups is 1. The van der Waals surface area contributed by atoms with Crippen LogP contribution >= 0.6 is 0 Å². The molecule has 0 radical (unpaired) electrons. The minimum atomic E-state index is -4.11. The number of carboxylic acids is 1. The SMILES string of the molecule is Cc1cc(S(=O)(=O)Nc2cc(C(=O)O)ccc2N2CC3CC(C2)c2cccc(=O)n2C3)ccc1F. The number of sulfonamides is 1. The number of aromatic carboxylic acids is 1. The fourth-order valence-corrected chi connectivity index (χ4v) is 6.26. The molecule has 1 saturated heterocycles. The number of piperidine rings is 1. The highest BCUT2D eigenvalue weighted by molar-refractivity contribution is 7.92. The number of pyridine rings is 1. The van der Waals surface area contributed by atoms with Gasteiger partial charge in [0.25, 0.3) is 15.6 Å². The number of aryl methyl sites for hydroxylation is 1. The fourth-order valence-electron chi connectivity index (χ4n) is 5.11. The van der Waals surface area contributed by atoms with Crippen molar-refractivity contribution >= 4 is 27.4 Å². The summed E-state index contributed by atoms with van der Waals surface area (Å²) < 4.78 is 44.3. The van der Waals surface area contributed by atoms with Gasteiger partial charge in [-0.1, -0.05) is 6.07 Å². The highest BCUT2D eigenvalue weighted by Gasteiger charge is 2.35. The highest BCUT2D eigenvalue weighted by atomic mass is 32.2. The maximum Gasteiger partial charge on any atom is 0.335 e. The third-order valence-corrected chi connectivity index (χ3v) is 8.11. The van der Waals surface area contributed by atoms with Gasteiger partial charge in [0.05, 0.1) is 21.8 Å². The van der Waals surface area contributed by atoms with Gasteiger partial charge < -0.3 is 14.6 Å². The van der Waals surface area contributed by atoms with Crippen molar-refractivity contribution in [2.24, 2.45) is 5.92 Å². The van der Waals surface area contributed by atoms with Gasteiger partial charge in [-0.15, -0.1) is 0 Å². The summed E-state index contributed by atoms with van der Waals surface area (Å²) in [6, 6.07) is 13.1. The molecule has 2 unspecified atom stereocenters. The van der Waals surface area contributed by atoms with E-state index in [9.17, 15) is 27.5 Å². The van der Waals surface area contributed by atoms with Gasteiger partial charge in [-0.05, 0) is 67.3 Å². The first-order valence-electron chi connectivity index (χ1n) is 11.2. The van der Waals surface area contributed by atoms with E-state index in [2.05, 4.69) is 4.72 Å². The number of rotatable bonds is 5. The van der Waals surface area contributed by atoms with Crippen LogP contribution in [0.25, 0.3) is 0 Å². The van der Waals surface area contributed by atoms with E-state index in [1.165, 1.54) is 31.2 Å². The van der Waals surface area contributed by atoms with Gasteiger partial charge in [-0.2, -0.15) is 0 Å². The molecule has 0 aliphatic carbocycles. The molecular formula is C25H24FN3O5S. The van der Waals surface area contributed by atoms with Crippen LogP contribution in [0.1, 0.15) is 34.0 Å². The molecule has 2 aliphatic rings. The van der Waals surface area contributed by atoms with Gasteiger partial charge in [-0.25, -0.2) is 17.6 Å². The van der Waals surface area contributed by atoms with Crippen LogP contribution in [0.2, 0.25) is 0 Å². The number of anilines is 2. The molecule has 2 bridgehead atoms. The highest BCUT2D eigenvalue weighted by Crippen LogP contribution is 2.39. The first kappa shape index (κ1) is 23.1. The van der Waals surface area contributed by atoms with Crippen LogP contribution in [0, 0.1) is 18.7 Å². The molecule has 3 heterocycles. The van der Waals surface area contributed by atoms with Crippen molar-refractivity contribution in [2.45, 2.75) is 30.7 Å². The van der Waals surface area contributed by atoms with Crippen LogP contribution in [0.3, 0.4) is 0 Å². The largest absolute Gasteiger partial charge is 0.478 e. The minimum Gasteiger partial charge on any atom is -0.478 e. The number of benzene rings is 2. The lowest BCUT2D eigenvalue weighted by molar-refractivity contribution is 0.0697. The number of halogens is 1. The lowest BCUT2D eigenvalue weighted by Gasteiger charge is -2.44. The molecule has 1 aromatic heterocycles. The molecule has 2 aromatic carbocycles. The second-order valence-electron chi connectivity index (χ2n) is 9.16. The Labute approximate surface area is 201 Å². The van der Waals surface area contributed by atoms with Crippen molar-refractivity contribution in [3.05, 3.63) is 87.6 Å². The number of aromatic nitrogens is 1. The van der Waals surface area contributed by atoms with E-state index in [1.807, 2.05) is 15.5 Å². The Morgan fingerprint density at radius 1 is 1.09 bits per heavy atom. The normalized spacial score (nSPS) is 19.2. The summed E-state index contributed by atoms with van der Waals surface area (Å²) in [6.45, 7) is 3.19. The van der Waals surface area contributed by atoms with Crippen LogP contribution in [0.4, 0.5) is 15.8 Å². The topological polar surface area (TPSA) is 109 Å². The van der Waals surface area contributed by atoms with E-state index in [-0.39, 0.29) is 39.1 Å². The lowest BCUT2D eigenvalue weighted by Crippen LogP contribution is -2.47. The van der Waals surface area contributed by atoms with Crippen LogP contribution in [0.15, 0.2) is 64.3 Å². The van der Waals surface area contributed by atoms with Crippen molar-refractivity contribution in [2.75, 3.05) is 22.7 Å². The third kappa shape index (κ3) is 4.29. The lowest BCUT2D eigenvalue weighted by atomic mass is 9.83. The Morgan fingerprint density at radius 2 is 1.89 bits per heavy atom. The summed E-state index contributed by atoms with van der Waals surface area (Å²) >= 11 is 0. The fraction of sp³-hybridized carbons (Fsp3) is 0.280. The average Bonchev–Trinajstić information content (AvgIpc) is 2.81. The quantitative estimate of drug-likeness (QED) is 0.559. The van der Waals surface area contributed by atoms with Crippen LogP contribution in [-0.4, -0.2) is 37.2 Å². The van der Waals surface area contributed by atoms with E-state index in [1.54, 1.807) is 18.2 Å². The molecule has 0 saturated carbocycles. The maximum absolute atomic E-state index is 13.7. The van der Waals surface area contributed by atoms with Crippen molar-refractivity contribution in [3.8, 4) is 0 Å². The van der Waals surface area contributed by atoms with E-state index < -0.39 is 21.8 Å². The molecule has 0 amide bonds. The third-order valence-electron chi connectivity index (χ3n) is 6.75. The molecule has 3 aromatic rings. The summed E-state index contributed by atoms with van der Waals surface area (Å²) in [5, 5.41) is 9.49. The number of nitrogens with one attached hydrogen (secondary N) is 1. The second kappa shape index (κ2) is 8.53. The smallest absolute Gasteiger partial charge is 0.335 e. The molecule has 35 heavy (non-hydrogen) atoms. The summed E-state index contributed by atoms with van der Waals surface area (Å²) in [7, 11) is -4.11. The molecule has 1 fully saturated rings. The molecule has 8 nitrogen and oxygen atoms in total. The van der Waals surface area contributed by atoms with Gasteiger partial charge in [0.2, 0.25) is 0 Å². The van der Waals surface area contributed by atoms with E-state index in [0.717, 1.165) is 18.2 Å². The van der Waals surface area contributed by atoms with Gasteiger partial charge in [0.15, 0.2) is 0 Å². The standard InChI is InChI=1S/C25H24FN3O5S/c1-15-9-19(6-7-20(15)26)35(33,34)27-21-11-17(25(31)32)5-8-23(21)28-12-16-10-18(14-28)22-3-2-4-24(30)29(22)13-16/h2-9,11,16,18,27H,10,12-14H2,1H3,(H,31,32). The van der Waals surface area contributed by atoms with Crippen molar-refractivity contribution < 1.29 is 22.7 Å². The minimum absolute atomic E-state index is 0.0282. The molecule has 5 rings (SSSR count). The van der Waals surface area contributed by atoms with Crippen molar-refractivity contribution in [1.82, 2.24) is 4.57 Å². The van der Waals surface area contributed by atoms with Crippen LogP contribution in [0.5, 0.6) is 0 Å². The molecule has 2 aliphatic heterocycles. The molecule has 0 spiro atoms. The predicted octanol–water partition coefficient (Wildman–Crippen LogP) is 3.42. The number of nitrogens with zero attached hydrogens (tertiary/aromatic N) is 2. The van der Waals surface area contributed by atoms with Crippen LogP contribution < -0.4 is 15.2 Å². The molecule has 10 heteroatoms. The number of fused-ring (bicyclic) bond motifs is 4. The Kier molecular flexibility index (Phi) is 5.63. The van der Waals surface area contributed by atoms with Gasteiger partial charge >= 0.3 is 5.97 Å². The zero-order valence-electron chi connectivity index (χ0n) is 18.9. The van der Waals surface area contributed by atoms with E-state index in [4.69, 9.17) is 0 Å². The Balaban J connectivity index is 1.52. The van der Waals surface area contributed by atoms with Gasteiger partial charge in [0.1, 0.15) is 5.82 Å². The maximum atomic E-state index is 13.7. The Morgan fingerprint density at radius 3 is 2.63 bits per heavy atom. The molecular weight excluding hydrogens is 473 g/mol. The number of carboxylic acid groups (broad SMARTS) is 1. The van der Waals surface area contributed by atoms with Crippen LogP contribution in [-0.2, 0) is 16.6 Å². The predicted molar refractivity (Wildman–Crippen MR) is 129 cm³/mol. The average molecular weight is 498 g/mol. The first-order valence-corrected chi connectivity index (χ1v) is 12.7. The van der Waals surface area contributed by atoms with Gasteiger partial charge in [0, 0.05) is 37.3 Å². The van der Waals surface area contributed by atoms with Crippen molar-refractivity contribution in [3.63, 3.8) is 0 Å². The molecule has 182 valence electrons. The second-order valence-corrected chi connectivity index (χ2v) is 10.8. The summed E-state index contributed by atoms with van der Waals surface area (Å²) in [6.07, 6.45) is 0.920. The van der Waals surface area contributed by atoms with Gasteiger partial charge in [-0.3, -0.25) is 9.52 Å². The van der Waals surface area contributed by atoms with Crippen molar-refractivity contribution in [1.29, 1.82) is 0 Å². The van der Waals surface area contributed by atoms with E-state index in [0.29, 0.717) is 25.3 Å². The Hall–Kier alpha value is -3.66. The summed E-state index contributed by atoms with van der Waals surface area (Å²) in [4.78, 5) is 25.9. The Bertz CT molecular complexity index is 1500. The summed E-state index contributed by atoms with van der Waals surface area (Å²) in [5.74, 6) is -1.43. The number of hydrogen-bond acceptors (Lipinski definition) is 5. The zero-order valence-corrected chi connectivity index (χ0v) is 19.8. The monoisotopic (exact) mass is 497 g/mol. The first-order chi connectivity index (χ1) is 16.6. The molecule has 2 atom stereocenters. The van der Waals surface area contributed by atoms with E-state index >= 15 is 0 Å². The zero-order chi connectivity index (χ0) is 24.9. The molecule has 2 N–H and O–H groups in total. The summed E-state index contributed by atoms with van der Waals surface area (Å²) in [5.41, 5.74) is 1.74. The number of hydrogen-bond donors (Lipinski definition) is 2.